The highest BCUT2D eigenvalue weighted by Crippen LogP contribution is 2.31. The maximum atomic E-state index is 12.7. The van der Waals surface area contributed by atoms with Crippen molar-refractivity contribution in [3.8, 4) is 0 Å². The molecule has 0 saturated carbocycles. The first kappa shape index (κ1) is 20.9. The highest BCUT2D eigenvalue weighted by Gasteiger charge is 2.39. The Morgan fingerprint density at radius 2 is 2.07 bits per heavy atom. The van der Waals surface area contributed by atoms with Crippen molar-refractivity contribution in [2.45, 2.75) is 63.6 Å². The number of imide groups is 1. The van der Waals surface area contributed by atoms with Gasteiger partial charge in [0, 0.05) is 26.1 Å². The molecule has 0 aliphatic carbocycles. The summed E-state index contributed by atoms with van der Waals surface area (Å²) in [4.78, 5) is 43.0. The molecule has 0 radical (unpaired) electrons. The van der Waals surface area contributed by atoms with E-state index in [-0.39, 0.29) is 24.8 Å². The number of piperidine rings is 2. The molecule has 3 saturated heterocycles. The summed E-state index contributed by atoms with van der Waals surface area (Å²) in [7, 11) is 1.86. The van der Waals surface area contributed by atoms with Gasteiger partial charge in [-0.1, -0.05) is 6.42 Å². The number of fused-ring (bicyclic) bond motifs is 1. The predicted molar refractivity (Wildman–Crippen MR) is 110 cm³/mol. The Bertz CT molecular complexity index is 763. The number of nitrogens with zero attached hydrogens (tertiary/aromatic N) is 3. The molecular weight excluding hydrogens is 384 g/mol. The van der Waals surface area contributed by atoms with Crippen LogP contribution in [0.15, 0.2) is 22.8 Å². The minimum Gasteiger partial charge on any atom is -0.467 e. The zero-order valence-electron chi connectivity index (χ0n) is 17.7. The van der Waals surface area contributed by atoms with E-state index in [1.165, 1.54) is 51.5 Å². The van der Waals surface area contributed by atoms with Crippen molar-refractivity contribution in [3.63, 3.8) is 0 Å². The van der Waals surface area contributed by atoms with Crippen molar-refractivity contribution >= 4 is 17.8 Å². The number of carbonyl (C=O) groups excluding carboxylic acids is 3. The van der Waals surface area contributed by atoms with E-state index in [4.69, 9.17) is 4.42 Å². The normalized spacial score (nSPS) is 27.1. The molecule has 0 unspecified atom stereocenters. The zero-order chi connectivity index (χ0) is 21.1. The third-order valence-electron chi connectivity index (χ3n) is 6.81. The summed E-state index contributed by atoms with van der Waals surface area (Å²) in [6.07, 6.45) is 8.28. The molecule has 0 spiro atoms. The first-order valence-corrected chi connectivity index (χ1v) is 11.1. The smallest absolute Gasteiger partial charge is 0.325 e. The number of hydrogen-bond acceptors (Lipinski definition) is 5. The molecule has 1 aromatic rings. The molecule has 4 rings (SSSR count). The van der Waals surface area contributed by atoms with Gasteiger partial charge in [0.15, 0.2) is 0 Å². The summed E-state index contributed by atoms with van der Waals surface area (Å²) in [5, 5.41) is 2.70. The van der Waals surface area contributed by atoms with Gasteiger partial charge in [0.05, 0.1) is 12.8 Å². The lowest BCUT2D eigenvalue weighted by Gasteiger charge is -2.45. The van der Waals surface area contributed by atoms with Crippen LogP contribution in [0.2, 0.25) is 0 Å². The Balaban J connectivity index is 1.26. The van der Waals surface area contributed by atoms with Crippen molar-refractivity contribution < 1.29 is 18.8 Å². The lowest BCUT2D eigenvalue weighted by molar-refractivity contribution is -0.132. The average molecular weight is 417 g/mol. The lowest BCUT2D eigenvalue weighted by Crippen LogP contribution is -2.51. The summed E-state index contributed by atoms with van der Waals surface area (Å²) >= 11 is 0. The summed E-state index contributed by atoms with van der Waals surface area (Å²) in [5.41, 5.74) is 0. The van der Waals surface area contributed by atoms with Crippen LogP contribution in [0.25, 0.3) is 0 Å². The highest BCUT2D eigenvalue weighted by atomic mass is 16.3. The van der Waals surface area contributed by atoms with Gasteiger partial charge in [-0.2, -0.15) is 0 Å². The molecule has 4 heterocycles. The Morgan fingerprint density at radius 1 is 1.23 bits per heavy atom. The van der Waals surface area contributed by atoms with Gasteiger partial charge in [0.25, 0.3) is 5.91 Å². The SMILES string of the molecule is CN(C[C@@H]1CCCN2CCCC[C@@H]12)C(=O)CC[C@H]1NC(=O)N(Cc2ccco2)C1=O. The molecule has 30 heavy (non-hydrogen) atoms. The van der Waals surface area contributed by atoms with Crippen molar-refractivity contribution in [1.29, 1.82) is 0 Å². The fourth-order valence-electron chi connectivity index (χ4n) is 5.18. The minimum atomic E-state index is -0.645. The third-order valence-corrected chi connectivity index (χ3v) is 6.81. The number of furan rings is 1. The van der Waals surface area contributed by atoms with Crippen LogP contribution in [-0.2, 0) is 16.1 Å². The van der Waals surface area contributed by atoms with E-state index in [1.54, 1.807) is 12.1 Å². The highest BCUT2D eigenvalue weighted by molar-refractivity contribution is 6.04. The van der Waals surface area contributed by atoms with Gasteiger partial charge in [0.1, 0.15) is 11.8 Å². The number of nitrogens with one attached hydrogen (secondary N) is 1. The second-order valence-electron chi connectivity index (χ2n) is 8.82. The van der Waals surface area contributed by atoms with Gasteiger partial charge >= 0.3 is 6.03 Å². The molecule has 1 N–H and O–H groups in total. The molecule has 8 nitrogen and oxygen atoms in total. The molecule has 1 aromatic heterocycles. The maximum Gasteiger partial charge on any atom is 0.325 e. The number of rotatable bonds is 7. The fraction of sp³-hybridized carbons (Fsp3) is 0.682. The van der Waals surface area contributed by atoms with E-state index < -0.39 is 12.1 Å². The Labute approximate surface area is 177 Å². The van der Waals surface area contributed by atoms with Gasteiger partial charge in [-0.05, 0) is 63.2 Å². The molecule has 3 fully saturated rings. The second kappa shape index (κ2) is 9.20. The second-order valence-corrected chi connectivity index (χ2v) is 8.82. The largest absolute Gasteiger partial charge is 0.467 e. The number of urea groups is 1. The minimum absolute atomic E-state index is 0.0365. The van der Waals surface area contributed by atoms with E-state index in [1.807, 2.05) is 11.9 Å². The molecule has 0 bridgehead atoms. The van der Waals surface area contributed by atoms with Gasteiger partial charge in [-0.25, -0.2) is 4.79 Å². The maximum absolute atomic E-state index is 12.7. The summed E-state index contributed by atoms with van der Waals surface area (Å²) < 4.78 is 5.23. The van der Waals surface area contributed by atoms with Crippen LogP contribution < -0.4 is 5.32 Å². The van der Waals surface area contributed by atoms with Crippen LogP contribution >= 0.6 is 0 Å². The molecule has 3 aliphatic heterocycles. The van der Waals surface area contributed by atoms with Gasteiger partial charge < -0.3 is 19.5 Å². The van der Waals surface area contributed by atoms with Crippen molar-refractivity contribution in [1.82, 2.24) is 20.0 Å². The Kier molecular flexibility index (Phi) is 6.41. The Hall–Kier alpha value is -2.35. The first-order valence-electron chi connectivity index (χ1n) is 11.1. The Morgan fingerprint density at radius 3 is 2.87 bits per heavy atom. The molecule has 4 amide bonds. The molecule has 8 heteroatoms. The lowest BCUT2D eigenvalue weighted by atomic mass is 9.83. The third kappa shape index (κ3) is 4.53. The molecular formula is C22H32N4O4. The number of amides is 4. The van der Waals surface area contributed by atoms with E-state index >= 15 is 0 Å². The monoisotopic (exact) mass is 416 g/mol. The van der Waals surface area contributed by atoms with E-state index in [0.717, 1.165) is 11.4 Å². The van der Waals surface area contributed by atoms with Crippen molar-refractivity contribution in [3.05, 3.63) is 24.2 Å². The van der Waals surface area contributed by atoms with Crippen molar-refractivity contribution in [2.75, 3.05) is 26.7 Å². The molecule has 3 atom stereocenters. The first-order chi connectivity index (χ1) is 14.5. The van der Waals surface area contributed by atoms with Crippen molar-refractivity contribution in [2.24, 2.45) is 5.92 Å². The van der Waals surface area contributed by atoms with Gasteiger partial charge in [-0.3, -0.25) is 14.5 Å². The topological polar surface area (TPSA) is 86.1 Å². The summed E-state index contributed by atoms with van der Waals surface area (Å²) in [6.45, 7) is 3.27. The standard InChI is InChI=1S/C22H32N4O4/c1-24(14-16-6-4-12-25-11-3-2-8-19(16)25)20(27)10-9-18-21(28)26(22(29)23-18)15-17-7-5-13-30-17/h5,7,13,16,18-19H,2-4,6,8-12,14-15H2,1H3,(H,23,29)/t16-,18+,19-/m0/s1. The molecule has 0 aromatic carbocycles. The van der Waals surface area contributed by atoms with E-state index in [2.05, 4.69) is 10.2 Å². The van der Waals surface area contributed by atoms with Crippen LogP contribution in [-0.4, -0.2) is 71.3 Å². The predicted octanol–water partition coefficient (Wildman–Crippen LogP) is 2.20. The van der Waals surface area contributed by atoms with Crippen LogP contribution in [0.5, 0.6) is 0 Å². The van der Waals surface area contributed by atoms with Crippen LogP contribution in [0.4, 0.5) is 4.79 Å². The summed E-state index contributed by atoms with van der Waals surface area (Å²) in [6, 6.07) is 2.98. The van der Waals surface area contributed by atoms with E-state index in [9.17, 15) is 14.4 Å². The van der Waals surface area contributed by atoms with Crippen LogP contribution in [0, 0.1) is 5.92 Å². The summed E-state index contributed by atoms with van der Waals surface area (Å²) in [5.74, 6) is 0.829. The number of carbonyl (C=O) groups is 3. The van der Waals surface area contributed by atoms with Crippen LogP contribution in [0.3, 0.4) is 0 Å². The average Bonchev–Trinajstić information content (AvgIpc) is 3.36. The molecule has 164 valence electrons. The van der Waals surface area contributed by atoms with E-state index in [0.29, 0.717) is 24.1 Å². The zero-order valence-corrected chi connectivity index (χ0v) is 17.7. The molecule has 3 aliphatic rings. The number of hydrogen-bond donors (Lipinski definition) is 1. The van der Waals surface area contributed by atoms with Gasteiger partial charge in [0.2, 0.25) is 5.91 Å². The quantitative estimate of drug-likeness (QED) is 0.689. The van der Waals surface area contributed by atoms with Crippen LogP contribution in [0.1, 0.15) is 50.7 Å². The van der Waals surface area contributed by atoms with Gasteiger partial charge in [-0.15, -0.1) is 0 Å². The fourth-order valence-corrected chi connectivity index (χ4v) is 5.18.